The van der Waals surface area contributed by atoms with Crippen LogP contribution in [0.4, 0.5) is 11.4 Å². The van der Waals surface area contributed by atoms with Crippen LogP contribution in [0.2, 0.25) is 0 Å². The molecule has 1 aliphatic heterocycles. The summed E-state index contributed by atoms with van der Waals surface area (Å²) < 4.78 is 22.3. The molecule has 0 saturated heterocycles. The topological polar surface area (TPSA) is 55.8 Å². The second kappa shape index (κ2) is 9.49. The lowest BCUT2D eigenvalue weighted by Gasteiger charge is -2.32. The van der Waals surface area contributed by atoms with Gasteiger partial charge in [-0.05, 0) is 24.3 Å². The number of alkyl halides is 1. The molecule has 0 fully saturated rings. The minimum atomic E-state index is -1.10. The number of carbonyl (C=O) groups is 1. The Labute approximate surface area is 162 Å². The monoisotopic (exact) mass is 409 g/mol. The number of hydrogen-bond acceptors (Lipinski definition) is 5. The van der Waals surface area contributed by atoms with Crippen molar-refractivity contribution in [1.82, 2.24) is 0 Å². The van der Waals surface area contributed by atoms with Gasteiger partial charge in [0.15, 0.2) is 8.46 Å². The summed E-state index contributed by atoms with van der Waals surface area (Å²) in [7, 11) is -0.389. The van der Waals surface area contributed by atoms with Gasteiger partial charge in [-0.1, -0.05) is 36.0 Å². The summed E-state index contributed by atoms with van der Waals surface area (Å²) in [5.74, 6) is -1.08. The van der Waals surface area contributed by atoms with Crippen molar-refractivity contribution in [2.75, 3.05) is 30.6 Å². The van der Waals surface area contributed by atoms with E-state index in [-0.39, 0.29) is 27.6 Å². The van der Waals surface area contributed by atoms with E-state index >= 15 is 0 Å². The van der Waals surface area contributed by atoms with E-state index in [2.05, 4.69) is 0 Å². The van der Waals surface area contributed by atoms with Gasteiger partial charge >= 0.3 is 0 Å². The van der Waals surface area contributed by atoms with Crippen LogP contribution in [0.5, 0.6) is 0 Å². The maximum Gasteiger partial charge on any atom is 0.272 e. The molecular weight excluding hydrogens is 393 g/mol. The quantitative estimate of drug-likeness (QED) is 0.359. The Balaban J connectivity index is 1.82. The minimum Gasteiger partial charge on any atom is -0.378 e. The zero-order valence-corrected chi connectivity index (χ0v) is 16.3. The fraction of sp³-hybridized carbons (Fsp3) is 0.278. The number of anilines is 2. The number of nitrogens with zero attached hydrogens (tertiary/aromatic N) is 1. The predicted molar refractivity (Wildman–Crippen MR) is 103 cm³/mol. The van der Waals surface area contributed by atoms with E-state index in [1.54, 1.807) is 16.7 Å². The van der Waals surface area contributed by atoms with Gasteiger partial charge in [0.1, 0.15) is 0 Å². The Morgan fingerprint density at radius 3 is 2.23 bits per heavy atom. The van der Waals surface area contributed by atoms with Crippen molar-refractivity contribution in [3.63, 3.8) is 0 Å². The summed E-state index contributed by atoms with van der Waals surface area (Å²) in [6.07, 6.45) is 0. The standard InChI is InChI=1S/C18H17ClNO4PS/c19-9-10-23-11-12-24-18(25-22)17(21)20-13-5-1-3-7-15(13)26-16-8-4-2-6-14(16)20/h1-8,18H,9-12H2. The van der Waals surface area contributed by atoms with E-state index < -0.39 is 5.85 Å². The number of benzene rings is 2. The fourth-order valence-corrected chi connectivity index (χ4v) is 4.11. The van der Waals surface area contributed by atoms with E-state index in [9.17, 15) is 9.36 Å². The number of para-hydroxylation sites is 2. The lowest BCUT2D eigenvalue weighted by atomic mass is 10.2. The lowest BCUT2D eigenvalue weighted by molar-refractivity contribution is -0.125. The highest BCUT2D eigenvalue weighted by atomic mass is 35.5. The number of fused-ring (bicyclic) bond motifs is 2. The second-order valence-corrected chi connectivity index (χ2v) is 7.48. The number of amides is 1. The molecular formula is C18H17ClNO4PS. The number of halogens is 1. The maximum atomic E-state index is 13.1. The molecule has 0 aliphatic carbocycles. The first-order valence-corrected chi connectivity index (χ1v) is 10.3. The zero-order chi connectivity index (χ0) is 18.4. The smallest absolute Gasteiger partial charge is 0.272 e. The van der Waals surface area contributed by atoms with Crippen molar-refractivity contribution < 1.29 is 18.8 Å². The third kappa shape index (κ3) is 4.27. The van der Waals surface area contributed by atoms with Crippen LogP contribution in [0.25, 0.3) is 0 Å². The molecule has 0 spiro atoms. The van der Waals surface area contributed by atoms with E-state index in [0.717, 1.165) is 21.2 Å². The lowest BCUT2D eigenvalue weighted by Crippen LogP contribution is -2.36. The SMILES string of the molecule is O=PC(OCCOCCCl)C(=O)N1c2ccccc2Sc2ccccc21. The number of rotatable bonds is 8. The van der Waals surface area contributed by atoms with Crippen molar-refractivity contribution in [2.45, 2.75) is 15.6 Å². The molecule has 3 rings (SSSR count). The number of hydrogen-bond donors (Lipinski definition) is 0. The molecule has 0 bridgehead atoms. The second-order valence-electron chi connectivity index (χ2n) is 5.34. The Kier molecular flexibility index (Phi) is 7.06. The van der Waals surface area contributed by atoms with Crippen LogP contribution in [0.3, 0.4) is 0 Å². The molecule has 2 aromatic rings. The first-order valence-electron chi connectivity index (χ1n) is 8.04. The van der Waals surface area contributed by atoms with E-state index in [1.807, 2.05) is 48.5 Å². The van der Waals surface area contributed by atoms with Crippen molar-refractivity contribution in [3.05, 3.63) is 48.5 Å². The van der Waals surface area contributed by atoms with Crippen molar-refractivity contribution in [3.8, 4) is 0 Å². The average Bonchev–Trinajstić information content (AvgIpc) is 2.68. The average molecular weight is 410 g/mol. The normalized spacial score (nSPS) is 14.0. The Morgan fingerprint density at radius 1 is 1.04 bits per heavy atom. The fourth-order valence-electron chi connectivity index (χ4n) is 2.57. The molecule has 1 unspecified atom stereocenters. The number of carbonyl (C=O) groups excluding carboxylic acids is 1. The summed E-state index contributed by atoms with van der Waals surface area (Å²) >= 11 is 7.14. The summed E-state index contributed by atoms with van der Waals surface area (Å²) in [6, 6.07) is 15.3. The van der Waals surface area contributed by atoms with Crippen molar-refractivity contribution >= 4 is 49.1 Å². The van der Waals surface area contributed by atoms with E-state index in [4.69, 9.17) is 21.1 Å². The van der Waals surface area contributed by atoms with Gasteiger partial charge in [0, 0.05) is 15.7 Å². The predicted octanol–water partition coefficient (Wildman–Crippen LogP) is 4.71. The molecule has 2 aromatic carbocycles. The summed E-state index contributed by atoms with van der Waals surface area (Å²) in [6.45, 7) is 0.853. The highest BCUT2D eigenvalue weighted by Crippen LogP contribution is 2.48. The first-order chi connectivity index (χ1) is 12.8. The third-order valence-electron chi connectivity index (χ3n) is 3.68. The first kappa shape index (κ1) is 19.3. The van der Waals surface area contributed by atoms with Gasteiger partial charge in [-0.25, -0.2) is 0 Å². The van der Waals surface area contributed by atoms with Gasteiger partial charge in [0.2, 0.25) is 5.85 Å². The molecule has 8 heteroatoms. The Hall–Kier alpha value is -1.43. The maximum absolute atomic E-state index is 13.1. The molecule has 1 amide bonds. The summed E-state index contributed by atoms with van der Waals surface area (Å²) in [4.78, 5) is 16.6. The minimum absolute atomic E-state index is 0.161. The Bertz CT molecular complexity index is 746. The Morgan fingerprint density at radius 2 is 1.65 bits per heavy atom. The molecule has 26 heavy (non-hydrogen) atoms. The van der Waals surface area contributed by atoms with E-state index in [1.165, 1.54) is 0 Å². The molecule has 0 saturated carbocycles. The highest BCUT2D eigenvalue weighted by molar-refractivity contribution is 7.99. The number of ether oxygens (including phenoxy) is 2. The summed E-state index contributed by atoms with van der Waals surface area (Å²) in [5.41, 5.74) is 1.52. The van der Waals surface area contributed by atoms with Gasteiger partial charge in [0.25, 0.3) is 5.91 Å². The molecule has 0 N–H and O–H groups in total. The summed E-state index contributed by atoms with van der Waals surface area (Å²) in [5, 5.41) is 0. The molecule has 136 valence electrons. The van der Waals surface area contributed by atoms with Crippen LogP contribution in [-0.2, 0) is 18.8 Å². The molecule has 0 radical (unpaired) electrons. The van der Waals surface area contributed by atoms with Gasteiger partial charge in [0.05, 0.1) is 31.2 Å². The van der Waals surface area contributed by atoms with Gasteiger partial charge in [-0.2, -0.15) is 0 Å². The van der Waals surface area contributed by atoms with Crippen LogP contribution in [-0.4, -0.2) is 37.5 Å². The van der Waals surface area contributed by atoms with Crippen molar-refractivity contribution in [2.24, 2.45) is 0 Å². The molecule has 5 nitrogen and oxygen atoms in total. The third-order valence-corrected chi connectivity index (χ3v) is 5.53. The van der Waals surface area contributed by atoms with Gasteiger partial charge in [-0.3, -0.25) is 14.3 Å². The molecule has 0 aromatic heterocycles. The van der Waals surface area contributed by atoms with Crippen LogP contribution in [0.15, 0.2) is 58.3 Å². The molecule has 1 heterocycles. The zero-order valence-electron chi connectivity index (χ0n) is 13.8. The highest BCUT2D eigenvalue weighted by Gasteiger charge is 2.33. The van der Waals surface area contributed by atoms with Crippen LogP contribution < -0.4 is 4.90 Å². The van der Waals surface area contributed by atoms with Gasteiger partial charge in [-0.15, -0.1) is 11.6 Å². The molecule has 1 atom stereocenters. The van der Waals surface area contributed by atoms with Crippen LogP contribution in [0, 0.1) is 0 Å². The largest absolute Gasteiger partial charge is 0.378 e. The molecule has 1 aliphatic rings. The van der Waals surface area contributed by atoms with E-state index in [0.29, 0.717) is 12.5 Å². The van der Waals surface area contributed by atoms with Crippen LogP contribution in [0.1, 0.15) is 0 Å². The van der Waals surface area contributed by atoms with Crippen LogP contribution >= 0.6 is 31.8 Å². The van der Waals surface area contributed by atoms with Crippen molar-refractivity contribution in [1.29, 1.82) is 0 Å². The van der Waals surface area contributed by atoms with Gasteiger partial charge < -0.3 is 9.47 Å².